The van der Waals surface area contributed by atoms with Crippen LogP contribution in [0.5, 0.6) is 11.6 Å². The molecule has 0 aliphatic carbocycles. The molecule has 0 radical (unpaired) electrons. The number of hydrogen-bond acceptors (Lipinski definition) is 3. The summed E-state index contributed by atoms with van der Waals surface area (Å²) < 4.78 is 32.2. The van der Waals surface area contributed by atoms with Gasteiger partial charge < -0.3 is 10.1 Å². The number of ether oxygens (including phenoxy) is 1. The van der Waals surface area contributed by atoms with Crippen molar-refractivity contribution in [1.82, 2.24) is 10.3 Å². The van der Waals surface area contributed by atoms with Crippen molar-refractivity contribution >= 4 is 11.6 Å². The third-order valence-electron chi connectivity index (χ3n) is 2.70. The molecule has 21 heavy (non-hydrogen) atoms. The molecule has 1 N–H and O–H groups in total. The Morgan fingerprint density at radius 2 is 2.05 bits per heavy atom. The molecule has 0 spiro atoms. The van der Waals surface area contributed by atoms with Gasteiger partial charge in [0.05, 0.1) is 11.2 Å². The lowest BCUT2D eigenvalue weighted by Gasteiger charge is -2.12. The van der Waals surface area contributed by atoms with Crippen molar-refractivity contribution in [2.45, 2.75) is 26.4 Å². The highest BCUT2D eigenvalue weighted by Crippen LogP contribution is 2.26. The van der Waals surface area contributed by atoms with Crippen molar-refractivity contribution < 1.29 is 13.5 Å². The minimum atomic E-state index is -0.585. The molecular weight excluding hydrogens is 298 g/mol. The second-order valence-electron chi connectivity index (χ2n) is 4.83. The van der Waals surface area contributed by atoms with Gasteiger partial charge in [-0.3, -0.25) is 0 Å². The molecule has 112 valence electrons. The molecule has 0 saturated heterocycles. The maximum absolute atomic E-state index is 13.4. The standard InChI is InChI=1S/C15H15ClF2N2O/c1-9(2)19-7-10-5-11(17)8-20-15(10)21-12-3-4-13(16)14(18)6-12/h3-6,8-9,19H,7H2,1-2H3. The summed E-state index contributed by atoms with van der Waals surface area (Å²) in [5, 5.41) is 3.16. The van der Waals surface area contributed by atoms with Crippen molar-refractivity contribution in [3.05, 3.63) is 52.7 Å². The summed E-state index contributed by atoms with van der Waals surface area (Å²) in [5.41, 5.74) is 0.555. The predicted molar refractivity (Wildman–Crippen MR) is 77.7 cm³/mol. The molecule has 0 fully saturated rings. The van der Waals surface area contributed by atoms with Gasteiger partial charge in [-0.25, -0.2) is 13.8 Å². The molecule has 0 amide bonds. The van der Waals surface area contributed by atoms with E-state index in [1.807, 2.05) is 13.8 Å². The third-order valence-corrected chi connectivity index (χ3v) is 3.00. The first kappa shape index (κ1) is 15.7. The second kappa shape index (κ2) is 6.83. The summed E-state index contributed by atoms with van der Waals surface area (Å²) >= 11 is 5.61. The minimum absolute atomic E-state index is 0.0103. The highest BCUT2D eigenvalue weighted by atomic mass is 35.5. The first-order valence-electron chi connectivity index (χ1n) is 6.46. The van der Waals surface area contributed by atoms with E-state index in [4.69, 9.17) is 16.3 Å². The van der Waals surface area contributed by atoms with Crippen LogP contribution in [0.2, 0.25) is 5.02 Å². The van der Waals surface area contributed by atoms with Gasteiger partial charge in [0.2, 0.25) is 5.88 Å². The van der Waals surface area contributed by atoms with Crippen molar-refractivity contribution in [3.8, 4) is 11.6 Å². The monoisotopic (exact) mass is 312 g/mol. The van der Waals surface area contributed by atoms with Crippen LogP contribution >= 0.6 is 11.6 Å². The molecule has 2 rings (SSSR count). The van der Waals surface area contributed by atoms with Crippen LogP contribution < -0.4 is 10.1 Å². The maximum atomic E-state index is 13.4. The Balaban J connectivity index is 2.23. The van der Waals surface area contributed by atoms with Gasteiger partial charge in [0, 0.05) is 24.2 Å². The molecule has 1 aromatic heterocycles. The first-order valence-corrected chi connectivity index (χ1v) is 6.84. The van der Waals surface area contributed by atoms with Crippen molar-refractivity contribution in [2.75, 3.05) is 0 Å². The summed E-state index contributed by atoms with van der Waals surface area (Å²) in [5.74, 6) is -0.559. The number of rotatable bonds is 5. The van der Waals surface area contributed by atoms with E-state index in [9.17, 15) is 8.78 Å². The average Bonchev–Trinajstić information content (AvgIpc) is 2.43. The van der Waals surface area contributed by atoms with E-state index in [2.05, 4.69) is 10.3 Å². The molecule has 0 saturated carbocycles. The molecule has 0 atom stereocenters. The van der Waals surface area contributed by atoms with E-state index in [0.29, 0.717) is 12.1 Å². The SMILES string of the molecule is CC(C)NCc1cc(F)cnc1Oc1ccc(Cl)c(F)c1. The van der Waals surface area contributed by atoms with Crippen LogP contribution in [0.1, 0.15) is 19.4 Å². The van der Waals surface area contributed by atoms with Crippen LogP contribution in [0.4, 0.5) is 8.78 Å². The molecule has 0 aliphatic rings. The number of nitrogens with one attached hydrogen (secondary N) is 1. The Morgan fingerprint density at radius 1 is 1.29 bits per heavy atom. The highest BCUT2D eigenvalue weighted by molar-refractivity contribution is 6.30. The van der Waals surface area contributed by atoms with Crippen LogP contribution in [0.25, 0.3) is 0 Å². The Bertz CT molecular complexity index is 635. The lowest BCUT2D eigenvalue weighted by molar-refractivity contribution is 0.442. The van der Waals surface area contributed by atoms with Gasteiger partial charge >= 0.3 is 0 Å². The topological polar surface area (TPSA) is 34.2 Å². The summed E-state index contributed by atoms with van der Waals surface area (Å²) in [4.78, 5) is 3.91. The lowest BCUT2D eigenvalue weighted by atomic mass is 10.2. The minimum Gasteiger partial charge on any atom is -0.439 e. The number of benzene rings is 1. The number of aromatic nitrogens is 1. The van der Waals surface area contributed by atoms with Crippen molar-refractivity contribution in [2.24, 2.45) is 0 Å². The van der Waals surface area contributed by atoms with Gasteiger partial charge in [-0.2, -0.15) is 0 Å². The molecule has 0 unspecified atom stereocenters. The second-order valence-corrected chi connectivity index (χ2v) is 5.24. The Hall–Kier alpha value is -1.72. The Kier molecular flexibility index (Phi) is 5.09. The summed E-state index contributed by atoms with van der Waals surface area (Å²) in [6.07, 6.45) is 1.06. The summed E-state index contributed by atoms with van der Waals surface area (Å²) in [6.45, 7) is 4.34. The third kappa shape index (κ3) is 4.37. The van der Waals surface area contributed by atoms with E-state index >= 15 is 0 Å². The molecule has 1 heterocycles. The molecule has 3 nitrogen and oxygen atoms in total. The summed E-state index contributed by atoms with van der Waals surface area (Å²) in [6, 6.07) is 5.64. The molecule has 2 aromatic rings. The van der Waals surface area contributed by atoms with Crippen LogP contribution in [0, 0.1) is 11.6 Å². The number of pyridine rings is 1. The zero-order valence-corrected chi connectivity index (χ0v) is 12.4. The van der Waals surface area contributed by atoms with Gasteiger partial charge in [-0.1, -0.05) is 25.4 Å². The van der Waals surface area contributed by atoms with Gasteiger partial charge in [0.25, 0.3) is 0 Å². The zero-order chi connectivity index (χ0) is 15.4. The molecule has 6 heteroatoms. The lowest BCUT2D eigenvalue weighted by Crippen LogP contribution is -2.22. The van der Waals surface area contributed by atoms with E-state index in [-0.39, 0.29) is 22.7 Å². The van der Waals surface area contributed by atoms with E-state index in [1.165, 1.54) is 18.2 Å². The smallest absolute Gasteiger partial charge is 0.223 e. The van der Waals surface area contributed by atoms with Gasteiger partial charge in [-0.15, -0.1) is 0 Å². The van der Waals surface area contributed by atoms with Crippen molar-refractivity contribution in [3.63, 3.8) is 0 Å². The van der Waals surface area contributed by atoms with Crippen LogP contribution in [0.3, 0.4) is 0 Å². The van der Waals surface area contributed by atoms with Gasteiger partial charge in [0.15, 0.2) is 0 Å². The fourth-order valence-electron chi connectivity index (χ4n) is 1.65. The number of nitrogens with zero attached hydrogens (tertiary/aromatic N) is 1. The average molecular weight is 313 g/mol. The molecule has 0 aliphatic heterocycles. The Labute approximate surface area is 126 Å². The van der Waals surface area contributed by atoms with Crippen LogP contribution in [0.15, 0.2) is 30.5 Å². The van der Waals surface area contributed by atoms with Crippen LogP contribution in [-0.2, 0) is 6.54 Å². The molecular formula is C15H15ClF2N2O. The number of hydrogen-bond donors (Lipinski definition) is 1. The fraction of sp³-hybridized carbons (Fsp3) is 0.267. The predicted octanol–water partition coefficient (Wildman–Crippen LogP) is 4.30. The number of halogens is 3. The largest absolute Gasteiger partial charge is 0.439 e. The van der Waals surface area contributed by atoms with E-state index < -0.39 is 11.6 Å². The summed E-state index contributed by atoms with van der Waals surface area (Å²) in [7, 11) is 0. The van der Waals surface area contributed by atoms with Crippen LogP contribution in [-0.4, -0.2) is 11.0 Å². The molecule has 1 aromatic carbocycles. The maximum Gasteiger partial charge on any atom is 0.223 e. The zero-order valence-electron chi connectivity index (χ0n) is 11.7. The van der Waals surface area contributed by atoms with E-state index in [1.54, 1.807) is 0 Å². The molecule has 0 bridgehead atoms. The van der Waals surface area contributed by atoms with E-state index in [0.717, 1.165) is 12.3 Å². The fourth-order valence-corrected chi connectivity index (χ4v) is 1.77. The van der Waals surface area contributed by atoms with Gasteiger partial charge in [-0.05, 0) is 18.2 Å². The van der Waals surface area contributed by atoms with Crippen molar-refractivity contribution in [1.29, 1.82) is 0 Å². The normalized spacial score (nSPS) is 11.0. The quantitative estimate of drug-likeness (QED) is 0.893. The van der Waals surface area contributed by atoms with Gasteiger partial charge in [0.1, 0.15) is 17.4 Å². The highest BCUT2D eigenvalue weighted by Gasteiger charge is 2.10. The Morgan fingerprint density at radius 3 is 2.71 bits per heavy atom. The first-order chi connectivity index (χ1) is 9.95.